The summed E-state index contributed by atoms with van der Waals surface area (Å²) >= 11 is 0. The van der Waals surface area contributed by atoms with Crippen LogP contribution in [0, 0.1) is 0 Å². The first kappa shape index (κ1) is 13.1. The Labute approximate surface area is 114 Å². The highest BCUT2D eigenvalue weighted by atomic mass is 32.2. The third-order valence-electron chi connectivity index (χ3n) is 3.68. The quantitative estimate of drug-likeness (QED) is 0.590. The van der Waals surface area contributed by atoms with Crippen LogP contribution in [-0.2, 0) is 14.8 Å². The Morgan fingerprint density at radius 3 is 2.45 bits per heavy atom. The van der Waals surface area contributed by atoms with Gasteiger partial charge in [-0.2, -0.15) is 4.31 Å². The van der Waals surface area contributed by atoms with Crippen molar-refractivity contribution in [3.8, 4) is 0 Å². The first-order valence-corrected chi connectivity index (χ1v) is 7.50. The number of aromatic amines is 1. The molecule has 0 unspecified atom stereocenters. The van der Waals surface area contributed by atoms with Gasteiger partial charge in [-0.1, -0.05) is 0 Å². The molecule has 2 fully saturated rings. The van der Waals surface area contributed by atoms with Gasteiger partial charge in [-0.25, -0.2) is 18.2 Å². The first-order valence-electron chi connectivity index (χ1n) is 6.06. The minimum atomic E-state index is -3.63. The van der Waals surface area contributed by atoms with E-state index in [1.807, 2.05) is 0 Å². The highest BCUT2D eigenvalue weighted by molar-refractivity contribution is 7.89. The average Bonchev–Trinajstić information content (AvgIpc) is 3.00. The molecular formula is C10H13N5O4S. The predicted octanol–water partition coefficient (Wildman–Crippen LogP) is -1.23. The van der Waals surface area contributed by atoms with Gasteiger partial charge in [0, 0.05) is 13.1 Å². The van der Waals surface area contributed by atoms with E-state index in [1.54, 1.807) is 0 Å². The molecule has 3 heterocycles. The van der Waals surface area contributed by atoms with Crippen molar-refractivity contribution in [2.75, 3.05) is 13.1 Å². The highest BCUT2D eigenvalue weighted by Gasteiger charge is 2.49. The number of rotatable bonds is 2. The molecule has 0 aromatic carbocycles. The van der Waals surface area contributed by atoms with Crippen molar-refractivity contribution in [1.82, 2.24) is 24.9 Å². The number of hydrogen-bond donors (Lipinski definition) is 3. The van der Waals surface area contributed by atoms with E-state index in [2.05, 4.69) is 20.6 Å². The zero-order chi connectivity index (χ0) is 14.4. The van der Waals surface area contributed by atoms with Crippen molar-refractivity contribution < 1.29 is 18.0 Å². The molecular weight excluding hydrogens is 286 g/mol. The number of nitrogens with zero attached hydrogens (tertiary/aromatic N) is 2. The number of carbonyl (C=O) groups excluding carboxylic acids is 2. The molecule has 0 radical (unpaired) electrons. The van der Waals surface area contributed by atoms with E-state index in [0.29, 0.717) is 0 Å². The number of piperidine rings is 1. The minimum absolute atomic E-state index is 0.0216. The van der Waals surface area contributed by atoms with E-state index in [0.717, 1.165) is 0 Å². The number of carbonyl (C=O) groups is 2. The SMILES string of the molecule is O=C1NC(=O)C2(CCN(S(=O)(=O)c3cnc[nH]3)CC2)N1. The molecule has 2 aliphatic rings. The van der Waals surface area contributed by atoms with Crippen LogP contribution in [0.25, 0.3) is 0 Å². The minimum Gasteiger partial charge on any atom is -0.335 e. The monoisotopic (exact) mass is 299 g/mol. The lowest BCUT2D eigenvalue weighted by molar-refractivity contribution is -0.125. The van der Waals surface area contributed by atoms with Gasteiger partial charge in [0.2, 0.25) is 0 Å². The van der Waals surface area contributed by atoms with Crippen LogP contribution in [0.2, 0.25) is 0 Å². The van der Waals surface area contributed by atoms with E-state index >= 15 is 0 Å². The number of imidazole rings is 1. The lowest BCUT2D eigenvalue weighted by Crippen LogP contribution is -2.55. The number of H-pyrrole nitrogens is 1. The summed E-state index contributed by atoms with van der Waals surface area (Å²) in [6.07, 6.45) is 3.03. The standard InChI is InChI=1S/C10H13N5O4S/c16-8-10(14-9(17)13-8)1-3-15(4-2-10)20(18,19)7-5-11-6-12-7/h5-6H,1-4H2,(H,11,12)(H2,13,14,16,17). The van der Waals surface area contributed by atoms with Gasteiger partial charge in [-0.3, -0.25) is 10.1 Å². The molecule has 0 atom stereocenters. The van der Waals surface area contributed by atoms with E-state index < -0.39 is 21.6 Å². The Balaban J connectivity index is 1.77. The van der Waals surface area contributed by atoms with Gasteiger partial charge in [0.05, 0.1) is 12.5 Å². The molecule has 2 aliphatic heterocycles. The second-order valence-electron chi connectivity index (χ2n) is 4.81. The third-order valence-corrected chi connectivity index (χ3v) is 5.51. The van der Waals surface area contributed by atoms with Gasteiger partial charge in [0.25, 0.3) is 15.9 Å². The molecule has 9 nitrogen and oxygen atoms in total. The Hall–Kier alpha value is -1.94. The van der Waals surface area contributed by atoms with Crippen LogP contribution >= 0.6 is 0 Å². The maximum Gasteiger partial charge on any atom is 0.322 e. The van der Waals surface area contributed by atoms with E-state index in [4.69, 9.17) is 0 Å². The molecule has 0 saturated carbocycles. The normalized spacial score (nSPS) is 22.8. The lowest BCUT2D eigenvalue weighted by Gasteiger charge is -2.35. The molecule has 1 aromatic heterocycles. The van der Waals surface area contributed by atoms with Crippen LogP contribution < -0.4 is 10.6 Å². The van der Waals surface area contributed by atoms with Gasteiger partial charge in [-0.15, -0.1) is 0 Å². The Morgan fingerprint density at radius 2 is 1.95 bits per heavy atom. The molecule has 3 amide bonds. The Kier molecular flexibility index (Phi) is 2.80. The number of hydrogen-bond acceptors (Lipinski definition) is 5. The Morgan fingerprint density at radius 1 is 1.25 bits per heavy atom. The van der Waals surface area contributed by atoms with Crippen molar-refractivity contribution in [3.63, 3.8) is 0 Å². The van der Waals surface area contributed by atoms with Crippen LogP contribution in [-0.4, -0.2) is 53.3 Å². The average molecular weight is 299 g/mol. The fourth-order valence-electron chi connectivity index (χ4n) is 2.51. The van der Waals surface area contributed by atoms with E-state index in [-0.39, 0.29) is 36.9 Å². The van der Waals surface area contributed by atoms with Gasteiger partial charge < -0.3 is 10.3 Å². The van der Waals surface area contributed by atoms with Gasteiger partial charge in [0.1, 0.15) is 5.54 Å². The summed E-state index contributed by atoms with van der Waals surface area (Å²) in [5.41, 5.74) is -0.975. The van der Waals surface area contributed by atoms with Gasteiger partial charge in [0.15, 0.2) is 5.03 Å². The van der Waals surface area contributed by atoms with Gasteiger partial charge >= 0.3 is 6.03 Å². The number of aromatic nitrogens is 2. The number of nitrogens with one attached hydrogen (secondary N) is 3. The first-order chi connectivity index (χ1) is 9.44. The van der Waals surface area contributed by atoms with Crippen molar-refractivity contribution in [1.29, 1.82) is 0 Å². The molecule has 1 aromatic rings. The van der Waals surface area contributed by atoms with Crippen LogP contribution in [0.1, 0.15) is 12.8 Å². The van der Waals surface area contributed by atoms with E-state index in [1.165, 1.54) is 16.8 Å². The summed E-state index contributed by atoms with van der Waals surface area (Å²) in [6.45, 7) is 0.324. The summed E-state index contributed by atoms with van der Waals surface area (Å²) in [5.74, 6) is -0.388. The number of urea groups is 1. The summed E-state index contributed by atoms with van der Waals surface area (Å²) in [4.78, 5) is 29.2. The Bertz CT molecular complexity index is 645. The highest BCUT2D eigenvalue weighted by Crippen LogP contribution is 2.28. The summed E-state index contributed by atoms with van der Waals surface area (Å²) in [6, 6.07) is -0.528. The molecule has 3 rings (SSSR count). The number of sulfonamides is 1. The van der Waals surface area contributed by atoms with Crippen molar-refractivity contribution in [2.24, 2.45) is 0 Å². The van der Waals surface area contributed by atoms with Crippen molar-refractivity contribution >= 4 is 22.0 Å². The predicted molar refractivity (Wildman–Crippen MR) is 66.0 cm³/mol. The molecule has 1 spiro atoms. The van der Waals surface area contributed by atoms with E-state index in [9.17, 15) is 18.0 Å². The summed E-state index contributed by atoms with van der Waals surface area (Å²) in [5, 5.41) is 4.79. The second kappa shape index (κ2) is 4.28. The van der Waals surface area contributed by atoms with Crippen molar-refractivity contribution in [2.45, 2.75) is 23.4 Å². The molecule has 10 heteroatoms. The number of amides is 3. The zero-order valence-electron chi connectivity index (χ0n) is 10.4. The summed E-state index contributed by atoms with van der Waals surface area (Å²) in [7, 11) is -3.63. The van der Waals surface area contributed by atoms with Crippen LogP contribution in [0.15, 0.2) is 17.6 Å². The topological polar surface area (TPSA) is 124 Å². The molecule has 0 aliphatic carbocycles. The van der Waals surface area contributed by atoms with Crippen LogP contribution in [0.4, 0.5) is 4.79 Å². The van der Waals surface area contributed by atoms with Crippen LogP contribution in [0.5, 0.6) is 0 Å². The largest absolute Gasteiger partial charge is 0.335 e. The maximum atomic E-state index is 12.3. The van der Waals surface area contributed by atoms with Crippen LogP contribution in [0.3, 0.4) is 0 Å². The lowest BCUT2D eigenvalue weighted by atomic mass is 9.89. The van der Waals surface area contributed by atoms with Gasteiger partial charge in [-0.05, 0) is 12.8 Å². The molecule has 2 saturated heterocycles. The summed E-state index contributed by atoms with van der Waals surface area (Å²) < 4.78 is 25.8. The second-order valence-corrected chi connectivity index (χ2v) is 6.72. The molecule has 3 N–H and O–H groups in total. The third kappa shape index (κ3) is 1.88. The fourth-order valence-corrected chi connectivity index (χ4v) is 3.85. The maximum absolute atomic E-state index is 12.3. The molecule has 0 bridgehead atoms. The fraction of sp³-hybridized carbons (Fsp3) is 0.500. The zero-order valence-corrected chi connectivity index (χ0v) is 11.2. The smallest absolute Gasteiger partial charge is 0.322 e. The number of imide groups is 1. The molecule has 20 heavy (non-hydrogen) atoms. The molecule has 108 valence electrons. The van der Waals surface area contributed by atoms with Crippen molar-refractivity contribution in [3.05, 3.63) is 12.5 Å².